The van der Waals surface area contributed by atoms with E-state index in [2.05, 4.69) is 15.3 Å². The van der Waals surface area contributed by atoms with Crippen molar-refractivity contribution in [2.75, 3.05) is 0 Å². The summed E-state index contributed by atoms with van der Waals surface area (Å²) >= 11 is 0. The minimum absolute atomic E-state index is 0.279. The molecule has 4 rings (SSSR count). The first kappa shape index (κ1) is 19.1. The molecule has 1 aliphatic rings. The third-order valence-corrected chi connectivity index (χ3v) is 5.58. The molecule has 1 aliphatic carbocycles. The van der Waals surface area contributed by atoms with Gasteiger partial charge in [-0.1, -0.05) is 24.6 Å². The van der Waals surface area contributed by atoms with E-state index in [1.807, 2.05) is 18.2 Å². The van der Waals surface area contributed by atoms with E-state index in [0.717, 1.165) is 30.5 Å². The van der Waals surface area contributed by atoms with Gasteiger partial charge in [0.25, 0.3) is 5.91 Å². The summed E-state index contributed by atoms with van der Waals surface area (Å²) in [5.41, 5.74) is 2.11. The third-order valence-electron chi connectivity index (χ3n) is 5.58. The molecule has 1 aromatic carbocycles. The van der Waals surface area contributed by atoms with Gasteiger partial charge in [0.2, 0.25) is 5.56 Å². The molecule has 0 radical (unpaired) electrons. The van der Waals surface area contributed by atoms with Gasteiger partial charge in [-0.05, 0) is 61.1 Å². The van der Waals surface area contributed by atoms with Crippen LogP contribution in [0.25, 0.3) is 0 Å². The molecular weight excluding hydrogens is 369 g/mol. The number of aromatic nitrogens is 2. The van der Waals surface area contributed by atoms with Crippen LogP contribution in [-0.4, -0.2) is 15.9 Å². The molecule has 29 heavy (non-hydrogen) atoms. The second-order valence-corrected chi connectivity index (χ2v) is 7.48. The summed E-state index contributed by atoms with van der Waals surface area (Å²) in [6.07, 6.45) is 6.37. The molecule has 0 spiro atoms. The Hall–Kier alpha value is -3.28. The van der Waals surface area contributed by atoms with Crippen LogP contribution >= 0.6 is 0 Å². The Kier molecular flexibility index (Phi) is 5.01. The van der Waals surface area contributed by atoms with Gasteiger partial charge in [0, 0.05) is 18.5 Å². The van der Waals surface area contributed by atoms with Crippen LogP contribution in [0.5, 0.6) is 0 Å². The molecule has 1 amide bonds. The summed E-state index contributed by atoms with van der Waals surface area (Å²) in [6.45, 7) is 1.71. The predicted octanol–water partition coefficient (Wildman–Crippen LogP) is 3.62. The first-order valence-corrected chi connectivity index (χ1v) is 9.72. The Morgan fingerprint density at radius 3 is 2.83 bits per heavy atom. The van der Waals surface area contributed by atoms with Crippen LogP contribution in [0.15, 0.2) is 59.7 Å². The standard InChI is InChI=1S/C23H22FN3O2/c1-15-7-9-18(13-19(15)24)23(27-22(29)17-8-10-20(28)26-14-17)11-3-2-5-16-6-4-12-25-21(16)23/h4,6-10,12-14H,2-3,5,11H2,1H3,(H,26,28)(H,27,29)/t23-/m0/s1. The number of nitrogens with zero attached hydrogens (tertiary/aromatic N) is 1. The maximum Gasteiger partial charge on any atom is 0.253 e. The number of hydrogen-bond acceptors (Lipinski definition) is 3. The zero-order valence-corrected chi connectivity index (χ0v) is 16.2. The van der Waals surface area contributed by atoms with E-state index < -0.39 is 5.54 Å². The molecule has 5 nitrogen and oxygen atoms in total. The molecular formula is C23H22FN3O2. The average Bonchev–Trinajstić information content (AvgIpc) is 2.91. The number of rotatable bonds is 3. The van der Waals surface area contributed by atoms with E-state index in [9.17, 15) is 14.0 Å². The number of halogens is 1. The van der Waals surface area contributed by atoms with Crippen molar-refractivity contribution < 1.29 is 9.18 Å². The van der Waals surface area contributed by atoms with Gasteiger partial charge in [-0.15, -0.1) is 0 Å². The maximum atomic E-state index is 14.5. The molecule has 1 atom stereocenters. The van der Waals surface area contributed by atoms with Crippen LogP contribution in [0.4, 0.5) is 4.39 Å². The zero-order valence-electron chi connectivity index (χ0n) is 16.2. The number of amides is 1. The molecule has 2 aromatic heterocycles. The Morgan fingerprint density at radius 1 is 1.21 bits per heavy atom. The summed E-state index contributed by atoms with van der Waals surface area (Å²) in [7, 11) is 0. The summed E-state index contributed by atoms with van der Waals surface area (Å²) in [5.74, 6) is -0.664. The number of carbonyl (C=O) groups is 1. The summed E-state index contributed by atoms with van der Waals surface area (Å²) < 4.78 is 14.5. The summed E-state index contributed by atoms with van der Waals surface area (Å²) in [4.78, 5) is 31.6. The highest BCUT2D eigenvalue weighted by Crippen LogP contribution is 2.39. The van der Waals surface area contributed by atoms with Crippen molar-refractivity contribution in [2.45, 2.75) is 38.1 Å². The molecule has 0 fully saturated rings. The average molecular weight is 391 g/mol. The van der Waals surface area contributed by atoms with E-state index in [1.54, 1.807) is 19.2 Å². The molecule has 0 saturated carbocycles. The highest BCUT2D eigenvalue weighted by Gasteiger charge is 2.40. The lowest BCUT2D eigenvalue weighted by molar-refractivity contribution is 0.0906. The summed E-state index contributed by atoms with van der Waals surface area (Å²) in [6, 6.07) is 11.8. The lowest BCUT2D eigenvalue weighted by Gasteiger charge is -2.35. The van der Waals surface area contributed by atoms with Crippen LogP contribution in [0.1, 0.15) is 52.0 Å². The number of H-pyrrole nitrogens is 1. The topological polar surface area (TPSA) is 74.8 Å². The number of aryl methyl sites for hydroxylation is 2. The highest BCUT2D eigenvalue weighted by atomic mass is 19.1. The number of benzene rings is 1. The number of carbonyl (C=O) groups excluding carboxylic acids is 1. The third kappa shape index (κ3) is 3.58. The lowest BCUT2D eigenvalue weighted by atomic mass is 9.81. The lowest BCUT2D eigenvalue weighted by Crippen LogP contribution is -2.47. The maximum absolute atomic E-state index is 14.5. The fourth-order valence-electron chi connectivity index (χ4n) is 4.00. The second-order valence-electron chi connectivity index (χ2n) is 7.48. The van der Waals surface area contributed by atoms with Crippen LogP contribution in [0.2, 0.25) is 0 Å². The molecule has 0 unspecified atom stereocenters. The minimum atomic E-state index is -0.950. The van der Waals surface area contributed by atoms with Crippen molar-refractivity contribution in [1.82, 2.24) is 15.3 Å². The highest BCUT2D eigenvalue weighted by molar-refractivity contribution is 5.94. The van der Waals surface area contributed by atoms with Crippen molar-refractivity contribution in [3.63, 3.8) is 0 Å². The van der Waals surface area contributed by atoms with Crippen LogP contribution in [0, 0.1) is 12.7 Å². The Labute approximate surface area is 168 Å². The molecule has 6 heteroatoms. The second kappa shape index (κ2) is 7.62. The molecule has 0 aliphatic heterocycles. The quantitative estimate of drug-likeness (QED) is 0.670. The molecule has 3 aromatic rings. The van der Waals surface area contributed by atoms with Crippen molar-refractivity contribution in [3.05, 3.63) is 99.0 Å². The minimum Gasteiger partial charge on any atom is -0.337 e. The number of nitrogens with one attached hydrogen (secondary N) is 2. The van der Waals surface area contributed by atoms with Gasteiger partial charge < -0.3 is 10.3 Å². The summed E-state index contributed by atoms with van der Waals surface area (Å²) in [5, 5.41) is 3.14. The van der Waals surface area contributed by atoms with Crippen LogP contribution in [-0.2, 0) is 12.0 Å². The number of aromatic amines is 1. The van der Waals surface area contributed by atoms with Gasteiger partial charge in [-0.3, -0.25) is 14.6 Å². The van der Waals surface area contributed by atoms with Gasteiger partial charge in [-0.2, -0.15) is 0 Å². The predicted molar refractivity (Wildman–Crippen MR) is 108 cm³/mol. The van der Waals surface area contributed by atoms with E-state index in [0.29, 0.717) is 23.1 Å². The van der Waals surface area contributed by atoms with E-state index >= 15 is 0 Å². The first-order valence-electron chi connectivity index (χ1n) is 9.72. The van der Waals surface area contributed by atoms with E-state index in [1.165, 1.54) is 24.4 Å². The number of hydrogen-bond donors (Lipinski definition) is 2. The number of pyridine rings is 2. The first-order chi connectivity index (χ1) is 14.0. The van der Waals surface area contributed by atoms with Gasteiger partial charge in [0.1, 0.15) is 11.4 Å². The Bertz CT molecular complexity index is 1100. The van der Waals surface area contributed by atoms with E-state index in [4.69, 9.17) is 0 Å². The molecule has 2 N–H and O–H groups in total. The van der Waals surface area contributed by atoms with Crippen molar-refractivity contribution in [2.24, 2.45) is 0 Å². The molecule has 2 heterocycles. The molecule has 148 valence electrons. The smallest absolute Gasteiger partial charge is 0.253 e. The Balaban J connectivity index is 1.88. The normalized spacial score (nSPS) is 18.6. The van der Waals surface area contributed by atoms with Crippen LogP contribution < -0.4 is 10.9 Å². The fourth-order valence-corrected chi connectivity index (χ4v) is 4.00. The zero-order chi connectivity index (χ0) is 20.4. The van der Waals surface area contributed by atoms with Gasteiger partial charge in [0.05, 0.1) is 11.3 Å². The molecule has 0 bridgehead atoms. The Morgan fingerprint density at radius 2 is 2.07 bits per heavy atom. The van der Waals surface area contributed by atoms with Crippen molar-refractivity contribution >= 4 is 5.91 Å². The van der Waals surface area contributed by atoms with E-state index in [-0.39, 0.29) is 17.3 Å². The van der Waals surface area contributed by atoms with Crippen LogP contribution in [0.3, 0.4) is 0 Å². The van der Waals surface area contributed by atoms with Crippen molar-refractivity contribution in [1.29, 1.82) is 0 Å². The monoisotopic (exact) mass is 391 g/mol. The van der Waals surface area contributed by atoms with Gasteiger partial charge in [-0.25, -0.2) is 4.39 Å². The largest absolute Gasteiger partial charge is 0.337 e. The van der Waals surface area contributed by atoms with Gasteiger partial charge in [0.15, 0.2) is 0 Å². The van der Waals surface area contributed by atoms with Crippen molar-refractivity contribution in [3.8, 4) is 0 Å². The molecule has 0 saturated heterocycles. The number of fused-ring (bicyclic) bond motifs is 1. The fraction of sp³-hybridized carbons (Fsp3) is 0.261. The van der Waals surface area contributed by atoms with Gasteiger partial charge >= 0.3 is 0 Å². The SMILES string of the molecule is Cc1ccc([C@@]2(NC(=O)c3ccc(=O)[nH]c3)CCCCc3cccnc32)cc1F.